The SMILES string of the molecule is COc1ccc(NCCSc2nc(N(C)C)nc3nc[nH]c23)cc1OC. The van der Waals surface area contributed by atoms with Crippen LogP contribution in [0.3, 0.4) is 0 Å². The number of benzene rings is 1. The Morgan fingerprint density at radius 2 is 1.96 bits per heavy atom. The highest BCUT2D eigenvalue weighted by atomic mass is 32.2. The smallest absolute Gasteiger partial charge is 0.228 e. The Hall–Kier alpha value is -2.68. The Balaban J connectivity index is 1.63. The van der Waals surface area contributed by atoms with Crippen molar-refractivity contribution in [1.82, 2.24) is 19.9 Å². The summed E-state index contributed by atoms with van der Waals surface area (Å²) in [6, 6.07) is 5.77. The number of aromatic nitrogens is 4. The van der Waals surface area contributed by atoms with E-state index in [1.165, 1.54) is 0 Å². The molecule has 2 N–H and O–H groups in total. The van der Waals surface area contributed by atoms with E-state index in [2.05, 4.69) is 25.3 Å². The van der Waals surface area contributed by atoms with Gasteiger partial charge in [-0.1, -0.05) is 0 Å². The van der Waals surface area contributed by atoms with Crippen LogP contribution < -0.4 is 19.7 Å². The molecule has 0 radical (unpaired) electrons. The molecule has 8 nitrogen and oxygen atoms in total. The quantitative estimate of drug-likeness (QED) is 0.353. The maximum atomic E-state index is 5.32. The van der Waals surface area contributed by atoms with Gasteiger partial charge in [0.15, 0.2) is 17.1 Å². The lowest BCUT2D eigenvalue weighted by atomic mass is 10.2. The molecule has 0 bridgehead atoms. The molecule has 2 heterocycles. The average Bonchev–Trinajstić information content (AvgIpc) is 3.13. The second-order valence-corrected chi connectivity index (χ2v) is 6.75. The van der Waals surface area contributed by atoms with Gasteiger partial charge in [0, 0.05) is 38.1 Å². The van der Waals surface area contributed by atoms with Gasteiger partial charge in [-0.25, -0.2) is 9.97 Å². The third kappa shape index (κ3) is 3.93. The van der Waals surface area contributed by atoms with E-state index in [0.717, 1.165) is 28.5 Å². The summed E-state index contributed by atoms with van der Waals surface area (Å²) in [6.07, 6.45) is 1.64. The van der Waals surface area contributed by atoms with E-state index in [0.29, 0.717) is 23.1 Å². The third-order valence-electron chi connectivity index (χ3n) is 3.69. The van der Waals surface area contributed by atoms with Crippen LogP contribution in [-0.4, -0.2) is 60.5 Å². The van der Waals surface area contributed by atoms with Crippen LogP contribution in [0.4, 0.5) is 11.6 Å². The summed E-state index contributed by atoms with van der Waals surface area (Å²) in [7, 11) is 7.09. The number of nitrogens with one attached hydrogen (secondary N) is 2. The minimum Gasteiger partial charge on any atom is -0.493 e. The number of hydrogen-bond donors (Lipinski definition) is 2. The Bertz CT molecular complexity index is 883. The number of rotatable bonds is 8. The molecule has 0 aliphatic heterocycles. The van der Waals surface area contributed by atoms with Crippen LogP contribution in [-0.2, 0) is 0 Å². The molecule has 9 heteroatoms. The van der Waals surface area contributed by atoms with Crippen LogP contribution in [0.5, 0.6) is 11.5 Å². The van der Waals surface area contributed by atoms with Crippen molar-refractivity contribution >= 4 is 34.6 Å². The fourth-order valence-corrected chi connectivity index (χ4v) is 3.23. The number of fused-ring (bicyclic) bond motifs is 1. The zero-order chi connectivity index (χ0) is 18.5. The molecule has 0 spiro atoms. The molecule has 0 fully saturated rings. The van der Waals surface area contributed by atoms with Gasteiger partial charge in [-0.15, -0.1) is 11.8 Å². The summed E-state index contributed by atoms with van der Waals surface area (Å²) in [6.45, 7) is 0.775. The van der Waals surface area contributed by atoms with Crippen LogP contribution >= 0.6 is 11.8 Å². The highest BCUT2D eigenvalue weighted by molar-refractivity contribution is 7.99. The second kappa shape index (κ2) is 8.13. The van der Waals surface area contributed by atoms with E-state index in [-0.39, 0.29) is 0 Å². The minimum atomic E-state index is 0.653. The Morgan fingerprint density at radius 1 is 1.15 bits per heavy atom. The maximum Gasteiger partial charge on any atom is 0.228 e. The van der Waals surface area contributed by atoms with Gasteiger partial charge < -0.3 is 24.7 Å². The molecule has 26 heavy (non-hydrogen) atoms. The number of thioether (sulfide) groups is 1. The molecule has 0 amide bonds. The first-order valence-corrected chi connectivity index (χ1v) is 9.08. The number of anilines is 2. The van der Waals surface area contributed by atoms with Crippen LogP contribution in [0.2, 0.25) is 0 Å². The zero-order valence-electron chi connectivity index (χ0n) is 15.2. The van der Waals surface area contributed by atoms with Crippen molar-refractivity contribution in [2.75, 3.05) is 50.8 Å². The van der Waals surface area contributed by atoms with Gasteiger partial charge in [0.2, 0.25) is 5.95 Å². The van der Waals surface area contributed by atoms with Crippen molar-refractivity contribution in [3.05, 3.63) is 24.5 Å². The van der Waals surface area contributed by atoms with Gasteiger partial charge in [-0.2, -0.15) is 4.98 Å². The van der Waals surface area contributed by atoms with E-state index in [1.807, 2.05) is 37.2 Å². The molecule has 0 aliphatic rings. The average molecular weight is 374 g/mol. The number of hydrogen-bond acceptors (Lipinski definition) is 8. The maximum absolute atomic E-state index is 5.32. The monoisotopic (exact) mass is 374 g/mol. The van der Waals surface area contributed by atoms with Crippen molar-refractivity contribution < 1.29 is 9.47 Å². The highest BCUT2D eigenvalue weighted by Crippen LogP contribution is 2.30. The van der Waals surface area contributed by atoms with Crippen LogP contribution in [0.25, 0.3) is 11.2 Å². The van der Waals surface area contributed by atoms with Crippen LogP contribution in [0.15, 0.2) is 29.6 Å². The van der Waals surface area contributed by atoms with Crippen molar-refractivity contribution in [2.24, 2.45) is 0 Å². The van der Waals surface area contributed by atoms with E-state index in [1.54, 1.807) is 32.3 Å². The van der Waals surface area contributed by atoms with Crippen molar-refractivity contribution in [3.63, 3.8) is 0 Å². The molecule has 0 saturated carbocycles. The molecule has 0 atom stereocenters. The van der Waals surface area contributed by atoms with E-state index in [9.17, 15) is 0 Å². The zero-order valence-corrected chi connectivity index (χ0v) is 16.1. The van der Waals surface area contributed by atoms with Gasteiger partial charge in [0.05, 0.1) is 20.5 Å². The Labute approximate surface area is 156 Å². The largest absolute Gasteiger partial charge is 0.493 e. The molecule has 3 aromatic rings. The molecular formula is C17H22N6O2S. The first-order valence-electron chi connectivity index (χ1n) is 8.09. The summed E-state index contributed by atoms with van der Waals surface area (Å²) >= 11 is 1.66. The number of methoxy groups -OCH3 is 2. The summed E-state index contributed by atoms with van der Waals surface area (Å²) in [5.41, 5.74) is 2.53. The van der Waals surface area contributed by atoms with E-state index < -0.39 is 0 Å². The summed E-state index contributed by atoms with van der Waals surface area (Å²) in [4.78, 5) is 18.3. The van der Waals surface area contributed by atoms with Crippen molar-refractivity contribution in [3.8, 4) is 11.5 Å². The predicted molar refractivity (Wildman–Crippen MR) is 105 cm³/mol. The minimum absolute atomic E-state index is 0.653. The normalized spacial score (nSPS) is 10.8. The lowest BCUT2D eigenvalue weighted by Gasteiger charge is -2.12. The van der Waals surface area contributed by atoms with Gasteiger partial charge in [-0.05, 0) is 12.1 Å². The second-order valence-electron chi connectivity index (χ2n) is 5.67. The first-order chi connectivity index (χ1) is 12.6. The summed E-state index contributed by atoms with van der Waals surface area (Å²) in [5.74, 6) is 2.91. The fraction of sp³-hybridized carbons (Fsp3) is 0.353. The highest BCUT2D eigenvalue weighted by Gasteiger charge is 2.11. The van der Waals surface area contributed by atoms with Crippen molar-refractivity contribution in [2.45, 2.75) is 5.03 Å². The first kappa shape index (κ1) is 18.1. The molecule has 0 saturated heterocycles. The molecule has 3 rings (SSSR count). The van der Waals surface area contributed by atoms with Gasteiger partial charge >= 0.3 is 0 Å². The standard InChI is InChI=1S/C17H22N6O2S/c1-23(2)17-21-15-14(19-10-20-15)16(22-17)26-8-7-18-11-5-6-12(24-3)13(9-11)25-4/h5-6,9-10,18H,7-8H2,1-4H3,(H,19,20,21,22). The molecule has 0 unspecified atom stereocenters. The number of nitrogens with zero attached hydrogens (tertiary/aromatic N) is 4. The molecular weight excluding hydrogens is 352 g/mol. The van der Waals surface area contributed by atoms with Gasteiger partial charge in [-0.3, -0.25) is 0 Å². The van der Waals surface area contributed by atoms with Crippen molar-refractivity contribution in [1.29, 1.82) is 0 Å². The lowest BCUT2D eigenvalue weighted by Crippen LogP contribution is -2.13. The summed E-state index contributed by atoms with van der Waals surface area (Å²) in [5, 5.41) is 4.28. The molecule has 0 aliphatic carbocycles. The predicted octanol–water partition coefficient (Wildman–Crippen LogP) is 2.64. The van der Waals surface area contributed by atoms with Crippen LogP contribution in [0.1, 0.15) is 0 Å². The van der Waals surface area contributed by atoms with Gasteiger partial charge in [0.1, 0.15) is 10.5 Å². The topological polar surface area (TPSA) is 88.2 Å². The van der Waals surface area contributed by atoms with E-state index in [4.69, 9.17) is 9.47 Å². The molecule has 1 aromatic carbocycles. The number of ether oxygens (including phenoxy) is 2. The molecule has 138 valence electrons. The van der Waals surface area contributed by atoms with Crippen LogP contribution in [0, 0.1) is 0 Å². The number of aromatic amines is 1. The number of imidazole rings is 1. The number of H-pyrrole nitrogens is 1. The van der Waals surface area contributed by atoms with E-state index >= 15 is 0 Å². The fourth-order valence-electron chi connectivity index (χ4n) is 2.39. The Morgan fingerprint density at radius 3 is 2.69 bits per heavy atom. The Kier molecular flexibility index (Phi) is 5.67. The molecule has 2 aromatic heterocycles. The summed E-state index contributed by atoms with van der Waals surface area (Å²) < 4.78 is 10.6. The lowest BCUT2D eigenvalue weighted by molar-refractivity contribution is 0.355. The third-order valence-corrected chi connectivity index (χ3v) is 4.67. The van der Waals surface area contributed by atoms with Gasteiger partial charge in [0.25, 0.3) is 0 Å².